The zero-order chi connectivity index (χ0) is 15.1. The highest BCUT2D eigenvalue weighted by Crippen LogP contribution is 2.38. The first-order valence-electron chi connectivity index (χ1n) is 7.41. The SMILES string of the molecule is Cc1ccn(Cc2nc(C3CC3)nn2-c2ccccc2Cl)n1. The highest BCUT2D eigenvalue weighted by molar-refractivity contribution is 6.32. The van der Waals surface area contributed by atoms with Crippen LogP contribution in [0.3, 0.4) is 0 Å². The molecule has 5 nitrogen and oxygen atoms in total. The Kier molecular flexibility index (Phi) is 3.22. The van der Waals surface area contributed by atoms with Crippen LogP contribution < -0.4 is 0 Å². The third-order valence-corrected chi connectivity index (χ3v) is 4.11. The lowest BCUT2D eigenvalue weighted by atomic mass is 10.3. The smallest absolute Gasteiger partial charge is 0.154 e. The van der Waals surface area contributed by atoms with Crippen LogP contribution in [0.4, 0.5) is 0 Å². The molecule has 6 heteroatoms. The molecule has 0 spiro atoms. The van der Waals surface area contributed by atoms with E-state index in [0.717, 1.165) is 23.0 Å². The molecule has 4 rings (SSSR count). The average molecular weight is 314 g/mol. The van der Waals surface area contributed by atoms with E-state index in [4.69, 9.17) is 16.6 Å². The van der Waals surface area contributed by atoms with Gasteiger partial charge in [-0.15, -0.1) is 0 Å². The molecule has 0 radical (unpaired) electrons. The second-order valence-electron chi connectivity index (χ2n) is 5.68. The van der Waals surface area contributed by atoms with E-state index in [9.17, 15) is 0 Å². The van der Waals surface area contributed by atoms with Gasteiger partial charge in [-0.2, -0.15) is 10.2 Å². The molecule has 0 atom stereocenters. The van der Waals surface area contributed by atoms with E-state index in [2.05, 4.69) is 10.2 Å². The summed E-state index contributed by atoms with van der Waals surface area (Å²) in [5.41, 5.74) is 1.86. The minimum Gasteiger partial charge on any atom is -0.265 e. The quantitative estimate of drug-likeness (QED) is 0.742. The number of rotatable bonds is 4. The highest BCUT2D eigenvalue weighted by atomic mass is 35.5. The van der Waals surface area contributed by atoms with Crippen molar-refractivity contribution in [2.75, 3.05) is 0 Å². The maximum absolute atomic E-state index is 6.33. The van der Waals surface area contributed by atoms with Gasteiger partial charge < -0.3 is 0 Å². The lowest BCUT2D eigenvalue weighted by Crippen LogP contribution is -2.09. The van der Waals surface area contributed by atoms with Crippen LogP contribution >= 0.6 is 11.6 Å². The molecule has 0 saturated heterocycles. The van der Waals surface area contributed by atoms with Gasteiger partial charge in [-0.05, 0) is 38.0 Å². The summed E-state index contributed by atoms with van der Waals surface area (Å²) in [6.07, 6.45) is 4.30. The van der Waals surface area contributed by atoms with Gasteiger partial charge >= 0.3 is 0 Å². The third kappa shape index (κ3) is 2.52. The summed E-state index contributed by atoms with van der Waals surface area (Å²) < 4.78 is 3.73. The van der Waals surface area contributed by atoms with Crippen LogP contribution in [0.2, 0.25) is 5.02 Å². The first-order chi connectivity index (χ1) is 10.7. The number of benzene rings is 1. The summed E-state index contributed by atoms with van der Waals surface area (Å²) in [4.78, 5) is 4.73. The van der Waals surface area contributed by atoms with Gasteiger partial charge in [-0.25, -0.2) is 9.67 Å². The van der Waals surface area contributed by atoms with Gasteiger partial charge in [0.25, 0.3) is 0 Å². The summed E-state index contributed by atoms with van der Waals surface area (Å²) in [5, 5.41) is 9.80. The molecule has 0 aliphatic heterocycles. The Balaban J connectivity index is 1.77. The Morgan fingerprint density at radius 2 is 2.00 bits per heavy atom. The molecule has 2 heterocycles. The fraction of sp³-hybridized carbons (Fsp3) is 0.312. The molecule has 1 aliphatic carbocycles. The largest absolute Gasteiger partial charge is 0.265 e. The second-order valence-corrected chi connectivity index (χ2v) is 6.09. The molecular weight excluding hydrogens is 298 g/mol. The molecule has 1 saturated carbocycles. The van der Waals surface area contributed by atoms with E-state index in [1.54, 1.807) is 0 Å². The minimum absolute atomic E-state index is 0.502. The van der Waals surface area contributed by atoms with Crippen LogP contribution in [0, 0.1) is 6.92 Å². The Labute approximate surface area is 133 Å². The molecule has 22 heavy (non-hydrogen) atoms. The Morgan fingerprint density at radius 3 is 2.68 bits per heavy atom. The lowest BCUT2D eigenvalue weighted by molar-refractivity contribution is 0.630. The molecule has 0 bridgehead atoms. The molecule has 1 fully saturated rings. The average Bonchev–Trinajstić information content (AvgIpc) is 3.16. The molecule has 112 valence electrons. The maximum Gasteiger partial charge on any atom is 0.154 e. The third-order valence-electron chi connectivity index (χ3n) is 3.79. The minimum atomic E-state index is 0.502. The normalized spacial score (nSPS) is 14.5. The van der Waals surface area contributed by atoms with E-state index in [1.165, 1.54) is 12.8 Å². The van der Waals surface area contributed by atoms with Crippen molar-refractivity contribution in [3.05, 3.63) is 58.9 Å². The number of para-hydroxylation sites is 1. The number of hydrogen-bond donors (Lipinski definition) is 0. The van der Waals surface area contributed by atoms with E-state index in [1.807, 2.05) is 52.8 Å². The number of halogens is 1. The Bertz CT molecular complexity index is 816. The first kappa shape index (κ1) is 13.5. The van der Waals surface area contributed by atoms with Crippen LogP contribution in [-0.4, -0.2) is 24.5 Å². The van der Waals surface area contributed by atoms with Crippen molar-refractivity contribution < 1.29 is 0 Å². The zero-order valence-corrected chi connectivity index (χ0v) is 13.0. The summed E-state index contributed by atoms with van der Waals surface area (Å²) in [6.45, 7) is 2.56. The van der Waals surface area contributed by atoms with E-state index < -0.39 is 0 Å². The van der Waals surface area contributed by atoms with Crippen molar-refractivity contribution in [2.45, 2.75) is 32.2 Å². The summed E-state index contributed by atoms with van der Waals surface area (Å²) in [5.74, 6) is 2.28. The predicted molar refractivity (Wildman–Crippen MR) is 84.4 cm³/mol. The number of aromatic nitrogens is 5. The van der Waals surface area contributed by atoms with Crippen LogP contribution in [0.5, 0.6) is 0 Å². The molecule has 0 amide bonds. The van der Waals surface area contributed by atoms with Crippen LogP contribution in [-0.2, 0) is 6.54 Å². The summed E-state index contributed by atoms with van der Waals surface area (Å²) in [7, 11) is 0. The second kappa shape index (κ2) is 5.25. The molecule has 2 aromatic heterocycles. The van der Waals surface area contributed by atoms with Crippen molar-refractivity contribution in [1.82, 2.24) is 24.5 Å². The number of aryl methyl sites for hydroxylation is 1. The van der Waals surface area contributed by atoms with E-state index >= 15 is 0 Å². The van der Waals surface area contributed by atoms with Crippen LogP contribution in [0.25, 0.3) is 5.69 Å². The summed E-state index contributed by atoms with van der Waals surface area (Å²) >= 11 is 6.33. The van der Waals surface area contributed by atoms with Crippen molar-refractivity contribution >= 4 is 11.6 Å². The predicted octanol–water partition coefficient (Wildman–Crippen LogP) is 3.35. The van der Waals surface area contributed by atoms with Gasteiger partial charge in [0.1, 0.15) is 6.54 Å². The number of hydrogen-bond acceptors (Lipinski definition) is 3. The van der Waals surface area contributed by atoms with Gasteiger partial charge in [0, 0.05) is 12.1 Å². The molecule has 3 aromatic rings. The highest BCUT2D eigenvalue weighted by Gasteiger charge is 2.29. The first-order valence-corrected chi connectivity index (χ1v) is 7.79. The van der Waals surface area contributed by atoms with Crippen molar-refractivity contribution in [2.24, 2.45) is 0 Å². The van der Waals surface area contributed by atoms with E-state index in [0.29, 0.717) is 17.5 Å². The summed E-state index contributed by atoms with van der Waals surface area (Å²) in [6, 6.07) is 9.70. The molecular formula is C16H16ClN5. The Hall–Kier alpha value is -2.14. The van der Waals surface area contributed by atoms with Gasteiger partial charge in [-0.1, -0.05) is 23.7 Å². The zero-order valence-electron chi connectivity index (χ0n) is 12.3. The lowest BCUT2D eigenvalue weighted by Gasteiger charge is -2.07. The van der Waals surface area contributed by atoms with Gasteiger partial charge in [0.05, 0.1) is 16.4 Å². The molecule has 0 N–H and O–H groups in total. The molecule has 0 unspecified atom stereocenters. The fourth-order valence-corrected chi connectivity index (χ4v) is 2.71. The standard InChI is InChI=1S/C16H16ClN5/c1-11-8-9-21(19-11)10-15-18-16(12-6-7-12)20-22(15)14-5-3-2-4-13(14)17/h2-5,8-9,12H,6-7,10H2,1H3. The molecule has 1 aliphatic rings. The van der Waals surface area contributed by atoms with E-state index in [-0.39, 0.29) is 0 Å². The van der Waals surface area contributed by atoms with Crippen LogP contribution in [0.1, 0.15) is 36.1 Å². The maximum atomic E-state index is 6.33. The monoisotopic (exact) mass is 313 g/mol. The Morgan fingerprint density at radius 1 is 1.18 bits per heavy atom. The topological polar surface area (TPSA) is 48.5 Å². The number of nitrogens with zero attached hydrogens (tertiary/aromatic N) is 5. The fourth-order valence-electron chi connectivity index (χ4n) is 2.49. The van der Waals surface area contributed by atoms with Crippen molar-refractivity contribution in [3.63, 3.8) is 0 Å². The van der Waals surface area contributed by atoms with Crippen molar-refractivity contribution in [3.8, 4) is 5.69 Å². The van der Waals surface area contributed by atoms with Gasteiger partial charge in [0.2, 0.25) is 0 Å². The molecule has 1 aromatic carbocycles. The van der Waals surface area contributed by atoms with Crippen LogP contribution in [0.15, 0.2) is 36.5 Å². The van der Waals surface area contributed by atoms with Gasteiger partial charge in [0.15, 0.2) is 11.6 Å². The van der Waals surface area contributed by atoms with Crippen molar-refractivity contribution in [1.29, 1.82) is 0 Å². The van der Waals surface area contributed by atoms with Gasteiger partial charge in [-0.3, -0.25) is 4.68 Å².